The van der Waals surface area contributed by atoms with E-state index in [-0.39, 0.29) is 17.9 Å². The summed E-state index contributed by atoms with van der Waals surface area (Å²) < 4.78 is 0. The Kier molecular flexibility index (Phi) is 4.15. The van der Waals surface area contributed by atoms with Gasteiger partial charge < -0.3 is 10.6 Å². The van der Waals surface area contributed by atoms with E-state index >= 15 is 0 Å². The second kappa shape index (κ2) is 6.65. The predicted octanol–water partition coefficient (Wildman–Crippen LogP) is 6.64. The van der Waals surface area contributed by atoms with E-state index in [4.69, 9.17) is 23.2 Å². The highest BCUT2D eigenvalue weighted by Crippen LogP contribution is 2.64. The van der Waals surface area contributed by atoms with Crippen LogP contribution < -0.4 is 10.6 Å². The molecule has 3 fully saturated rings. The first-order chi connectivity index (χ1) is 14.1. The normalized spacial score (nSPS) is 31.7. The number of benzene rings is 2. The van der Waals surface area contributed by atoms with E-state index in [9.17, 15) is 4.79 Å². The Morgan fingerprint density at radius 2 is 1.76 bits per heavy atom. The van der Waals surface area contributed by atoms with E-state index < -0.39 is 0 Å². The number of anilines is 2. The summed E-state index contributed by atoms with van der Waals surface area (Å²) in [5.41, 5.74) is 4.48. The maximum absolute atomic E-state index is 12.3. The van der Waals surface area contributed by atoms with Crippen LogP contribution in [0.4, 0.5) is 11.4 Å². The molecule has 1 heterocycles. The van der Waals surface area contributed by atoms with Gasteiger partial charge in [0.25, 0.3) is 0 Å². The van der Waals surface area contributed by atoms with Crippen molar-refractivity contribution in [3.05, 3.63) is 57.6 Å². The molecule has 3 nitrogen and oxygen atoms in total. The molecule has 2 aromatic carbocycles. The quantitative estimate of drug-likeness (QED) is 0.577. The molecule has 2 bridgehead atoms. The average molecular weight is 427 g/mol. The number of fused-ring (bicyclic) bond motifs is 7. The number of halogens is 2. The van der Waals surface area contributed by atoms with E-state index in [2.05, 4.69) is 22.8 Å². The van der Waals surface area contributed by atoms with Gasteiger partial charge in [-0.05, 0) is 91.7 Å². The monoisotopic (exact) mass is 426 g/mol. The third-order valence-electron chi connectivity index (χ3n) is 7.61. The van der Waals surface area contributed by atoms with Crippen molar-refractivity contribution < 1.29 is 4.79 Å². The highest BCUT2D eigenvalue weighted by atomic mass is 35.5. The van der Waals surface area contributed by atoms with Crippen LogP contribution in [0.3, 0.4) is 0 Å². The van der Waals surface area contributed by atoms with Gasteiger partial charge in [0, 0.05) is 32.9 Å². The number of carbonyl (C=O) groups excluding carboxylic acids is 1. The van der Waals surface area contributed by atoms with Gasteiger partial charge in [-0.3, -0.25) is 4.79 Å². The van der Waals surface area contributed by atoms with Crippen LogP contribution in [0.2, 0.25) is 10.0 Å². The van der Waals surface area contributed by atoms with E-state index in [1.54, 1.807) is 0 Å². The van der Waals surface area contributed by atoms with Crippen molar-refractivity contribution in [3.8, 4) is 0 Å². The minimum atomic E-state index is 0.135. The van der Waals surface area contributed by atoms with Crippen LogP contribution in [0, 0.1) is 23.7 Å². The minimum Gasteiger partial charge on any atom is -0.378 e. The van der Waals surface area contributed by atoms with Gasteiger partial charge in [0.15, 0.2) is 0 Å². The third kappa shape index (κ3) is 2.89. The summed E-state index contributed by atoms with van der Waals surface area (Å²) in [6.45, 7) is 0. The van der Waals surface area contributed by atoms with Crippen molar-refractivity contribution in [2.45, 2.75) is 44.1 Å². The zero-order valence-corrected chi connectivity index (χ0v) is 17.6. The van der Waals surface area contributed by atoms with Crippen LogP contribution in [0.15, 0.2) is 36.4 Å². The molecule has 5 unspecified atom stereocenters. The average Bonchev–Trinajstić information content (AvgIpc) is 3.36. The Balaban J connectivity index is 1.41. The first-order valence-corrected chi connectivity index (χ1v) is 11.5. The van der Waals surface area contributed by atoms with Crippen LogP contribution in [-0.2, 0) is 4.79 Å². The van der Waals surface area contributed by atoms with Crippen LogP contribution in [0.25, 0.3) is 0 Å². The highest BCUT2D eigenvalue weighted by molar-refractivity contribution is 6.36. The lowest BCUT2D eigenvalue weighted by molar-refractivity contribution is -0.117. The zero-order chi connectivity index (χ0) is 19.7. The van der Waals surface area contributed by atoms with Crippen LogP contribution in [0.5, 0.6) is 0 Å². The summed E-state index contributed by atoms with van der Waals surface area (Å²) in [6.07, 6.45) is 5.92. The molecule has 0 aromatic heterocycles. The molecular weight excluding hydrogens is 403 g/mol. The Morgan fingerprint density at radius 3 is 2.52 bits per heavy atom. The smallest absolute Gasteiger partial charge is 0.227 e. The summed E-state index contributed by atoms with van der Waals surface area (Å²) in [5, 5.41) is 8.40. The molecule has 29 heavy (non-hydrogen) atoms. The molecule has 6 rings (SSSR count). The topological polar surface area (TPSA) is 41.1 Å². The fraction of sp³-hybridized carbons (Fsp3) is 0.458. The molecule has 2 N–H and O–H groups in total. The zero-order valence-electron chi connectivity index (χ0n) is 16.1. The Bertz CT molecular complexity index is 982. The molecule has 3 aliphatic carbocycles. The Labute approximate surface area is 181 Å². The maximum atomic E-state index is 12.3. The van der Waals surface area contributed by atoms with Gasteiger partial charge >= 0.3 is 0 Å². The number of nitrogens with one attached hydrogen (secondary N) is 2. The van der Waals surface area contributed by atoms with E-state index in [0.29, 0.717) is 23.7 Å². The van der Waals surface area contributed by atoms with Crippen molar-refractivity contribution in [3.63, 3.8) is 0 Å². The lowest BCUT2D eigenvalue weighted by Gasteiger charge is -2.44. The lowest BCUT2D eigenvalue weighted by Crippen LogP contribution is -2.35. The number of amides is 1. The second-order valence-corrected chi connectivity index (χ2v) is 10.1. The highest BCUT2D eigenvalue weighted by Gasteiger charge is 2.54. The number of hydrogen-bond donors (Lipinski definition) is 2. The molecule has 0 radical (unpaired) electrons. The summed E-state index contributed by atoms with van der Waals surface area (Å²) in [6, 6.07) is 12.3. The van der Waals surface area contributed by atoms with Gasteiger partial charge in [-0.15, -0.1) is 0 Å². The van der Waals surface area contributed by atoms with Gasteiger partial charge in [-0.25, -0.2) is 0 Å². The van der Waals surface area contributed by atoms with Crippen LogP contribution in [0.1, 0.15) is 55.2 Å². The number of carbonyl (C=O) groups is 1. The van der Waals surface area contributed by atoms with Crippen molar-refractivity contribution >= 4 is 40.5 Å². The van der Waals surface area contributed by atoms with E-state index in [1.165, 1.54) is 24.8 Å². The Hall–Kier alpha value is -1.71. The second-order valence-electron chi connectivity index (χ2n) is 9.26. The summed E-state index contributed by atoms with van der Waals surface area (Å²) in [7, 11) is 0. The van der Waals surface area contributed by atoms with E-state index in [0.717, 1.165) is 39.8 Å². The van der Waals surface area contributed by atoms with Gasteiger partial charge in [0.1, 0.15) is 0 Å². The van der Waals surface area contributed by atoms with Gasteiger partial charge in [0.05, 0.1) is 6.04 Å². The van der Waals surface area contributed by atoms with Crippen LogP contribution >= 0.6 is 23.2 Å². The molecule has 5 heteroatoms. The number of rotatable bonds is 3. The molecule has 0 spiro atoms. The van der Waals surface area contributed by atoms with Gasteiger partial charge in [0.2, 0.25) is 5.91 Å². The fourth-order valence-corrected chi connectivity index (χ4v) is 6.88. The van der Waals surface area contributed by atoms with Crippen molar-refractivity contribution in [1.29, 1.82) is 0 Å². The fourth-order valence-electron chi connectivity index (χ4n) is 6.25. The first kappa shape index (κ1) is 18.1. The van der Waals surface area contributed by atoms with Crippen molar-refractivity contribution in [1.82, 2.24) is 0 Å². The first-order valence-electron chi connectivity index (χ1n) is 10.8. The van der Waals surface area contributed by atoms with Gasteiger partial charge in [-0.1, -0.05) is 29.3 Å². The molecule has 150 valence electrons. The SMILES string of the molecule is O=C(Nc1ccc2c(c1)C1C3CCC(C3)C1C(c1c(Cl)cccc1Cl)N2)C1CC1. The molecular formula is C24H24Cl2N2O. The largest absolute Gasteiger partial charge is 0.378 e. The van der Waals surface area contributed by atoms with Crippen LogP contribution in [-0.4, -0.2) is 5.91 Å². The standard InChI is InChI=1S/C24H24Cl2N2O/c25-17-2-1-3-18(26)22(17)23-21-14-7-6-13(10-14)20(21)16-11-15(8-9-19(16)28-23)27-24(29)12-4-5-12/h1-3,8-9,11-14,20-21,23,28H,4-7,10H2,(H,27,29). The third-order valence-corrected chi connectivity index (χ3v) is 8.27. The summed E-state index contributed by atoms with van der Waals surface area (Å²) >= 11 is 13.3. The molecule has 5 atom stereocenters. The molecule has 1 amide bonds. The number of hydrogen-bond acceptors (Lipinski definition) is 2. The summed E-state index contributed by atoms with van der Waals surface area (Å²) in [4.78, 5) is 12.3. The maximum Gasteiger partial charge on any atom is 0.227 e. The Morgan fingerprint density at radius 1 is 1.00 bits per heavy atom. The predicted molar refractivity (Wildman–Crippen MR) is 118 cm³/mol. The minimum absolute atomic E-state index is 0.135. The van der Waals surface area contributed by atoms with Gasteiger partial charge in [-0.2, -0.15) is 0 Å². The molecule has 2 aromatic rings. The molecule has 4 aliphatic rings. The molecule has 1 aliphatic heterocycles. The van der Waals surface area contributed by atoms with E-state index in [1.807, 2.05) is 24.3 Å². The lowest BCUT2D eigenvalue weighted by atomic mass is 9.68. The molecule has 0 saturated heterocycles. The van der Waals surface area contributed by atoms with Crippen molar-refractivity contribution in [2.75, 3.05) is 10.6 Å². The summed E-state index contributed by atoms with van der Waals surface area (Å²) in [5.74, 6) is 2.79. The molecule has 3 saturated carbocycles. The van der Waals surface area contributed by atoms with Crippen molar-refractivity contribution in [2.24, 2.45) is 23.7 Å².